The summed E-state index contributed by atoms with van der Waals surface area (Å²) in [6.07, 6.45) is 6.98. The van der Waals surface area contributed by atoms with Crippen LogP contribution in [0, 0.1) is 0 Å². The first-order valence-electron chi connectivity index (χ1n) is 14.6. The number of rotatable bonds is 11. The van der Waals surface area contributed by atoms with Gasteiger partial charge in [0, 0.05) is 44.3 Å². The number of fused-ring (bicyclic) bond motifs is 1. The summed E-state index contributed by atoms with van der Waals surface area (Å²) >= 11 is 0. The van der Waals surface area contributed by atoms with E-state index in [2.05, 4.69) is 62.2 Å². The van der Waals surface area contributed by atoms with E-state index >= 15 is 0 Å². The zero-order valence-corrected chi connectivity index (χ0v) is 24.8. The maximum atomic E-state index is 13.4. The number of hydrogen-bond donors (Lipinski definition) is 1. The number of likely N-dealkylation sites (N-methyl/N-ethyl adjacent to an activating group) is 1. The van der Waals surface area contributed by atoms with Crippen molar-refractivity contribution in [3.05, 3.63) is 60.4 Å². The van der Waals surface area contributed by atoms with Crippen molar-refractivity contribution < 1.29 is 31.8 Å². The van der Waals surface area contributed by atoms with E-state index in [0.29, 0.717) is 11.9 Å². The van der Waals surface area contributed by atoms with Gasteiger partial charge in [-0.2, -0.15) is 32.6 Å². The number of anilines is 1. The minimum absolute atomic E-state index is 0.0107. The molecule has 1 N–H and O–H groups in total. The van der Waals surface area contributed by atoms with Crippen LogP contribution < -0.4 is 14.8 Å². The van der Waals surface area contributed by atoms with Gasteiger partial charge < -0.3 is 19.7 Å². The van der Waals surface area contributed by atoms with Gasteiger partial charge in [-0.3, -0.25) is 14.4 Å². The number of benzene rings is 1. The maximum Gasteiger partial charge on any atom is 0.387 e. The Morgan fingerprint density at radius 3 is 2.68 bits per heavy atom. The number of nitrogens with zero attached hydrogens (tertiary/aromatic N) is 11. The van der Waals surface area contributed by atoms with E-state index in [1.807, 2.05) is 0 Å². The number of hydrogen-bond acceptors (Lipinski definition) is 11. The Kier molecular flexibility index (Phi) is 8.14. The molecule has 0 aliphatic carbocycles. The molecule has 246 valence electrons. The highest BCUT2D eigenvalue weighted by molar-refractivity contribution is 6.09. The predicted octanol–water partition coefficient (Wildman–Crippen LogP) is 2.64. The van der Waals surface area contributed by atoms with Crippen LogP contribution in [0.3, 0.4) is 0 Å². The summed E-state index contributed by atoms with van der Waals surface area (Å²) in [6.45, 7) is -2.72. The number of tetrazole rings is 1. The molecule has 1 aromatic carbocycles. The summed E-state index contributed by atoms with van der Waals surface area (Å²) in [5, 5.41) is 24.2. The van der Waals surface area contributed by atoms with Crippen LogP contribution in [0.2, 0.25) is 0 Å². The van der Waals surface area contributed by atoms with E-state index in [4.69, 9.17) is 0 Å². The van der Waals surface area contributed by atoms with Crippen LogP contribution in [-0.4, -0.2) is 113 Å². The molecule has 1 unspecified atom stereocenters. The molecule has 19 heteroatoms. The molecule has 2 aliphatic rings. The highest BCUT2D eigenvalue weighted by atomic mass is 19.3. The van der Waals surface area contributed by atoms with Gasteiger partial charge in [0.05, 0.1) is 23.5 Å². The van der Waals surface area contributed by atoms with Crippen LogP contribution in [0.5, 0.6) is 11.5 Å². The molecule has 7 rings (SSSR count). The molecule has 2 fully saturated rings. The second-order valence-corrected chi connectivity index (χ2v) is 11.2. The van der Waals surface area contributed by atoms with E-state index in [0.717, 1.165) is 50.8 Å². The van der Waals surface area contributed by atoms with Crippen LogP contribution in [0.25, 0.3) is 16.9 Å². The smallest absolute Gasteiger partial charge is 0.387 e. The molecule has 1 amide bonds. The first-order chi connectivity index (χ1) is 22.7. The summed E-state index contributed by atoms with van der Waals surface area (Å²) in [4.78, 5) is 23.9. The van der Waals surface area contributed by atoms with Crippen molar-refractivity contribution in [3.63, 3.8) is 0 Å². The lowest BCUT2D eigenvalue weighted by atomic mass is 10.1. The first kappa shape index (κ1) is 30.5. The number of ether oxygens (including phenoxy) is 2. The molecule has 5 aromatic rings. The van der Waals surface area contributed by atoms with E-state index < -0.39 is 19.1 Å². The van der Waals surface area contributed by atoms with Crippen LogP contribution in [-0.2, 0) is 6.54 Å². The molecule has 0 bridgehead atoms. The minimum Gasteiger partial charge on any atom is -0.435 e. The third-order valence-corrected chi connectivity index (χ3v) is 8.05. The van der Waals surface area contributed by atoms with Crippen molar-refractivity contribution in [2.24, 2.45) is 0 Å². The van der Waals surface area contributed by atoms with Crippen molar-refractivity contribution in [2.45, 2.75) is 38.3 Å². The van der Waals surface area contributed by atoms with Crippen molar-refractivity contribution in [2.75, 3.05) is 38.5 Å². The van der Waals surface area contributed by atoms with Crippen molar-refractivity contribution >= 4 is 17.2 Å². The summed E-state index contributed by atoms with van der Waals surface area (Å²) in [5.74, 6) is -1.05. The highest BCUT2D eigenvalue weighted by Crippen LogP contribution is 2.38. The van der Waals surface area contributed by atoms with Gasteiger partial charge in [-0.1, -0.05) is 0 Å². The quantitative estimate of drug-likeness (QED) is 0.210. The fourth-order valence-corrected chi connectivity index (χ4v) is 5.80. The monoisotopic (exact) mass is 656 g/mol. The SMILES string of the molecule is CN1CCC(N2CC(n3nnc(Cn4cc(NC(=O)c5cnn6cccnc56)c(-c5cc(OC(F)F)ccc5OC(F)F)n4)n3)C2)C1. The van der Waals surface area contributed by atoms with E-state index in [1.165, 1.54) is 27.8 Å². The molecular formula is C28H28F4N12O3. The third-order valence-electron chi connectivity index (χ3n) is 8.05. The third kappa shape index (κ3) is 6.43. The molecule has 2 saturated heterocycles. The fourth-order valence-electron chi connectivity index (χ4n) is 5.80. The van der Waals surface area contributed by atoms with Gasteiger partial charge in [0.2, 0.25) is 0 Å². The van der Waals surface area contributed by atoms with E-state index in [9.17, 15) is 22.4 Å². The zero-order valence-electron chi connectivity index (χ0n) is 24.8. The second kappa shape index (κ2) is 12.6. The van der Waals surface area contributed by atoms with E-state index in [1.54, 1.807) is 17.1 Å². The molecule has 0 spiro atoms. The molecule has 15 nitrogen and oxygen atoms in total. The fraction of sp³-hybridized carbons (Fsp3) is 0.393. The first-order valence-corrected chi connectivity index (χ1v) is 14.6. The topological polar surface area (TPSA) is 146 Å². The molecule has 4 aromatic heterocycles. The predicted molar refractivity (Wildman–Crippen MR) is 155 cm³/mol. The molecule has 6 heterocycles. The Balaban J connectivity index is 1.18. The molecule has 0 saturated carbocycles. The summed E-state index contributed by atoms with van der Waals surface area (Å²) < 4.78 is 64.8. The van der Waals surface area contributed by atoms with Crippen LogP contribution in [0.15, 0.2) is 49.1 Å². The second-order valence-electron chi connectivity index (χ2n) is 11.2. The highest BCUT2D eigenvalue weighted by Gasteiger charge is 2.37. The summed E-state index contributed by atoms with van der Waals surface area (Å²) in [7, 11) is 2.11. The van der Waals surface area contributed by atoms with Gasteiger partial charge in [0.25, 0.3) is 5.91 Å². The Hall–Kier alpha value is -5.17. The van der Waals surface area contributed by atoms with Crippen molar-refractivity contribution in [1.82, 2.24) is 54.4 Å². The standard InChI is InChI=1S/C28H28F4N12O3/c1-40-8-5-16(11-40)41-12-17(13-41)44-37-23(36-39-44)15-42-14-21(35-26(45)20-10-34-43-7-2-6-33-25(20)43)24(38-42)19-9-18(46-27(29)30)3-4-22(19)47-28(31)32/h2-4,6-7,9-10,14,16-17,27-28H,5,8,11-13,15H2,1H3,(H,35,45). The number of likely N-dealkylation sites (tertiary alicyclic amines) is 2. The largest absolute Gasteiger partial charge is 0.435 e. The van der Waals surface area contributed by atoms with Crippen LogP contribution >= 0.6 is 0 Å². The van der Waals surface area contributed by atoms with Crippen LogP contribution in [0.1, 0.15) is 28.6 Å². The Morgan fingerprint density at radius 1 is 1.09 bits per heavy atom. The Labute approximate surface area is 263 Å². The molecule has 47 heavy (non-hydrogen) atoms. The number of amides is 1. The number of aromatic nitrogens is 9. The molecule has 1 atom stereocenters. The zero-order chi connectivity index (χ0) is 32.7. The number of carbonyl (C=O) groups excluding carboxylic acids is 1. The number of carbonyl (C=O) groups is 1. The Morgan fingerprint density at radius 2 is 1.91 bits per heavy atom. The van der Waals surface area contributed by atoms with Gasteiger partial charge >= 0.3 is 13.2 Å². The van der Waals surface area contributed by atoms with Crippen molar-refractivity contribution in [1.29, 1.82) is 0 Å². The average Bonchev–Trinajstić information content (AvgIpc) is 3.81. The number of alkyl halides is 4. The van der Waals surface area contributed by atoms with Gasteiger partial charge in [0.15, 0.2) is 11.5 Å². The Bertz CT molecular complexity index is 1890. The lowest BCUT2D eigenvalue weighted by Crippen LogP contribution is -2.53. The summed E-state index contributed by atoms with van der Waals surface area (Å²) in [6, 6.07) is 5.40. The van der Waals surface area contributed by atoms with Crippen molar-refractivity contribution in [3.8, 4) is 22.8 Å². The lowest BCUT2D eigenvalue weighted by Gasteiger charge is -2.41. The average molecular weight is 657 g/mol. The minimum atomic E-state index is -3.24. The molecule has 2 aliphatic heterocycles. The molecular weight excluding hydrogens is 628 g/mol. The number of nitrogens with one attached hydrogen (secondary N) is 1. The normalized spacial score (nSPS) is 17.6. The molecule has 0 radical (unpaired) electrons. The van der Waals surface area contributed by atoms with Gasteiger partial charge in [0.1, 0.15) is 29.3 Å². The summed E-state index contributed by atoms with van der Waals surface area (Å²) in [5.41, 5.74) is 0.220. The van der Waals surface area contributed by atoms with Gasteiger partial charge in [-0.25, -0.2) is 9.50 Å². The number of halogens is 4. The van der Waals surface area contributed by atoms with Crippen LogP contribution in [0.4, 0.5) is 23.2 Å². The van der Waals surface area contributed by atoms with Gasteiger partial charge in [-0.15, -0.1) is 10.2 Å². The lowest BCUT2D eigenvalue weighted by molar-refractivity contribution is -0.0526. The van der Waals surface area contributed by atoms with E-state index in [-0.39, 0.29) is 52.2 Å². The maximum absolute atomic E-state index is 13.4. The van der Waals surface area contributed by atoms with Gasteiger partial charge in [-0.05, 0) is 49.5 Å².